The fourth-order valence-corrected chi connectivity index (χ4v) is 3.67. The van der Waals surface area contributed by atoms with Gasteiger partial charge in [0.1, 0.15) is 0 Å². The van der Waals surface area contributed by atoms with Gasteiger partial charge in [0.05, 0.1) is 18.9 Å². The number of anilines is 1. The van der Waals surface area contributed by atoms with Gasteiger partial charge in [0.2, 0.25) is 0 Å². The van der Waals surface area contributed by atoms with E-state index < -0.39 is 0 Å². The molecule has 0 N–H and O–H groups in total. The van der Waals surface area contributed by atoms with Gasteiger partial charge in [-0.05, 0) is 36.6 Å². The molecule has 4 fully saturated rings. The zero-order valence-corrected chi connectivity index (χ0v) is 12.8. The molecular formula is C18H22N2O2. The number of carbonyl (C=O) groups is 1. The second-order valence-electron chi connectivity index (χ2n) is 6.35. The normalized spacial score (nSPS) is 24.4. The number of fused-ring (bicyclic) bond motifs is 3. The van der Waals surface area contributed by atoms with Crippen molar-refractivity contribution in [3.63, 3.8) is 0 Å². The molecule has 1 aromatic rings. The van der Waals surface area contributed by atoms with Gasteiger partial charge in [-0.1, -0.05) is 12.1 Å². The molecular weight excluding hydrogens is 276 g/mol. The van der Waals surface area contributed by atoms with Gasteiger partial charge < -0.3 is 14.5 Å². The second-order valence-corrected chi connectivity index (χ2v) is 6.35. The highest BCUT2D eigenvalue weighted by Crippen LogP contribution is 2.32. The number of Topliss-reactive ketones (excluding diaryl/α,β-unsaturated/α-hetero) is 1. The van der Waals surface area contributed by atoms with Gasteiger partial charge in [-0.2, -0.15) is 0 Å². The lowest BCUT2D eigenvalue weighted by Crippen LogP contribution is -2.45. The highest BCUT2D eigenvalue weighted by molar-refractivity contribution is 6.01. The average Bonchev–Trinajstić information content (AvgIpc) is 2.60. The average molecular weight is 298 g/mol. The lowest BCUT2D eigenvalue weighted by molar-refractivity contribution is -0.125. The summed E-state index contributed by atoms with van der Waals surface area (Å²) in [6, 6.07) is 8.54. The third kappa shape index (κ3) is 2.52. The number of benzene rings is 1. The number of nitrogens with zero attached hydrogens (tertiary/aromatic N) is 2. The quantitative estimate of drug-likeness (QED) is 0.783. The Morgan fingerprint density at radius 2 is 1.64 bits per heavy atom. The molecule has 2 bridgehead atoms. The third-order valence-electron chi connectivity index (χ3n) is 5.03. The maximum atomic E-state index is 12.4. The summed E-state index contributed by atoms with van der Waals surface area (Å²) in [4.78, 5) is 17.0. The Labute approximate surface area is 131 Å². The first kappa shape index (κ1) is 13.8. The molecule has 4 nitrogen and oxygen atoms in total. The monoisotopic (exact) mass is 298 g/mol. The molecule has 0 spiro atoms. The fraction of sp³-hybridized carbons (Fsp3) is 0.500. The highest BCUT2D eigenvalue weighted by Gasteiger charge is 2.36. The van der Waals surface area contributed by atoms with Gasteiger partial charge in [-0.15, -0.1) is 0 Å². The molecule has 0 radical (unpaired) electrons. The van der Waals surface area contributed by atoms with Crippen molar-refractivity contribution in [2.75, 3.05) is 44.3 Å². The molecule has 4 heterocycles. The van der Waals surface area contributed by atoms with Gasteiger partial charge in [-0.3, -0.25) is 4.79 Å². The Balaban J connectivity index is 1.53. The van der Waals surface area contributed by atoms with Gasteiger partial charge in [0.15, 0.2) is 5.78 Å². The minimum atomic E-state index is 0.267. The molecule has 116 valence electrons. The van der Waals surface area contributed by atoms with Crippen LogP contribution in [0.2, 0.25) is 0 Å². The first-order valence-corrected chi connectivity index (χ1v) is 8.25. The van der Waals surface area contributed by atoms with Crippen LogP contribution in [0.5, 0.6) is 0 Å². The summed E-state index contributed by atoms with van der Waals surface area (Å²) in [5.41, 5.74) is 3.27. The number of allylic oxidation sites excluding steroid dienone is 1. The van der Waals surface area contributed by atoms with Crippen LogP contribution in [0.4, 0.5) is 5.69 Å². The standard InChI is InChI=1S/C18H22N2O2/c21-18-15-5-7-20(8-6-15)17(18)13-14-1-3-16(4-2-14)19-9-11-22-12-10-19/h1-4,13,15H,5-12H2/b17-13+. The zero-order valence-electron chi connectivity index (χ0n) is 12.8. The highest BCUT2D eigenvalue weighted by atomic mass is 16.5. The van der Waals surface area contributed by atoms with Gasteiger partial charge in [0, 0.05) is 37.8 Å². The lowest BCUT2D eigenvalue weighted by Gasteiger charge is -2.41. The van der Waals surface area contributed by atoms with Crippen LogP contribution in [0.25, 0.3) is 6.08 Å². The number of ketones is 1. The number of carbonyl (C=O) groups excluding carboxylic acids is 1. The molecule has 4 saturated heterocycles. The van der Waals surface area contributed by atoms with E-state index in [-0.39, 0.29) is 5.92 Å². The van der Waals surface area contributed by atoms with Crippen molar-refractivity contribution in [3.05, 3.63) is 35.5 Å². The van der Waals surface area contributed by atoms with E-state index in [0.29, 0.717) is 5.78 Å². The lowest BCUT2D eigenvalue weighted by atomic mass is 9.84. The fourth-order valence-electron chi connectivity index (χ4n) is 3.67. The Kier molecular flexibility index (Phi) is 3.62. The van der Waals surface area contributed by atoms with Crippen LogP contribution in [-0.4, -0.2) is 50.1 Å². The van der Waals surface area contributed by atoms with Crippen molar-refractivity contribution < 1.29 is 9.53 Å². The van der Waals surface area contributed by atoms with Crippen molar-refractivity contribution >= 4 is 17.5 Å². The summed E-state index contributed by atoms with van der Waals surface area (Å²) < 4.78 is 5.39. The summed E-state index contributed by atoms with van der Waals surface area (Å²) in [5, 5.41) is 0. The predicted molar refractivity (Wildman–Crippen MR) is 86.8 cm³/mol. The molecule has 5 rings (SSSR count). The Morgan fingerprint density at radius 1 is 0.955 bits per heavy atom. The maximum absolute atomic E-state index is 12.4. The Hall–Kier alpha value is -1.81. The smallest absolute Gasteiger partial charge is 0.182 e. The first-order chi connectivity index (χ1) is 10.8. The van der Waals surface area contributed by atoms with Gasteiger partial charge in [-0.25, -0.2) is 0 Å². The van der Waals surface area contributed by atoms with E-state index in [0.717, 1.165) is 63.5 Å². The summed E-state index contributed by atoms with van der Waals surface area (Å²) >= 11 is 0. The van der Waals surface area contributed by atoms with Crippen molar-refractivity contribution in [1.82, 2.24) is 4.90 Å². The van der Waals surface area contributed by atoms with Gasteiger partial charge in [0.25, 0.3) is 0 Å². The van der Waals surface area contributed by atoms with Crippen LogP contribution in [0.1, 0.15) is 18.4 Å². The number of hydrogen-bond donors (Lipinski definition) is 0. The van der Waals surface area contributed by atoms with Gasteiger partial charge >= 0.3 is 0 Å². The minimum absolute atomic E-state index is 0.267. The van der Waals surface area contributed by atoms with E-state index in [9.17, 15) is 4.79 Å². The second kappa shape index (κ2) is 5.76. The molecule has 4 aliphatic heterocycles. The first-order valence-electron chi connectivity index (χ1n) is 8.25. The summed E-state index contributed by atoms with van der Waals surface area (Å²) in [7, 11) is 0. The number of rotatable bonds is 2. The van der Waals surface area contributed by atoms with E-state index in [1.165, 1.54) is 5.69 Å². The van der Waals surface area contributed by atoms with E-state index in [1.54, 1.807) is 0 Å². The van der Waals surface area contributed by atoms with Crippen molar-refractivity contribution in [1.29, 1.82) is 0 Å². The largest absolute Gasteiger partial charge is 0.378 e. The molecule has 0 aromatic heterocycles. The van der Waals surface area contributed by atoms with Crippen LogP contribution in [0, 0.1) is 5.92 Å². The topological polar surface area (TPSA) is 32.8 Å². The number of hydrogen-bond acceptors (Lipinski definition) is 4. The predicted octanol–water partition coefficient (Wildman–Crippen LogP) is 2.16. The molecule has 0 atom stereocenters. The van der Waals surface area contributed by atoms with E-state index in [1.807, 2.05) is 0 Å². The molecule has 4 aliphatic rings. The maximum Gasteiger partial charge on any atom is 0.182 e. The molecule has 0 unspecified atom stereocenters. The summed E-state index contributed by atoms with van der Waals surface area (Å²) in [5.74, 6) is 0.610. The molecule has 0 saturated carbocycles. The zero-order chi connectivity index (χ0) is 14.9. The summed E-state index contributed by atoms with van der Waals surface area (Å²) in [6.45, 7) is 5.58. The Bertz CT molecular complexity index is 580. The number of piperidine rings is 3. The molecule has 0 aliphatic carbocycles. The SMILES string of the molecule is O=C1/C(=C\c2ccc(N3CCOCC3)cc2)N2CCC1CC2. The number of morpholine rings is 1. The van der Waals surface area contributed by atoms with Crippen molar-refractivity contribution in [2.24, 2.45) is 5.92 Å². The molecule has 1 aromatic carbocycles. The van der Waals surface area contributed by atoms with Crippen molar-refractivity contribution in [3.8, 4) is 0 Å². The van der Waals surface area contributed by atoms with Crippen LogP contribution >= 0.6 is 0 Å². The van der Waals surface area contributed by atoms with E-state index in [2.05, 4.69) is 40.1 Å². The van der Waals surface area contributed by atoms with Crippen molar-refractivity contribution in [2.45, 2.75) is 12.8 Å². The van der Waals surface area contributed by atoms with E-state index >= 15 is 0 Å². The minimum Gasteiger partial charge on any atom is -0.378 e. The van der Waals surface area contributed by atoms with Crippen LogP contribution in [-0.2, 0) is 9.53 Å². The third-order valence-corrected chi connectivity index (χ3v) is 5.03. The van der Waals surface area contributed by atoms with Crippen LogP contribution in [0.15, 0.2) is 30.0 Å². The molecule has 4 heteroatoms. The number of ether oxygens (including phenoxy) is 1. The van der Waals surface area contributed by atoms with Crippen LogP contribution < -0.4 is 4.90 Å². The molecule has 22 heavy (non-hydrogen) atoms. The molecule has 0 amide bonds. The summed E-state index contributed by atoms with van der Waals surface area (Å²) in [6.07, 6.45) is 4.13. The Morgan fingerprint density at radius 3 is 2.27 bits per heavy atom. The van der Waals surface area contributed by atoms with Crippen LogP contribution in [0.3, 0.4) is 0 Å². The van der Waals surface area contributed by atoms with E-state index in [4.69, 9.17) is 4.74 Å².